The average molecular weight is 249 g/mol. The highest BCUT2D eigenvalue weighted by Crippen LogP contribution is 2.17. The Balaban J connectivity index is 2.07. The number of ether oxygens (including phenoxy) is 1. The minimum Gasteiger partial charge on any atom is -0.465 e. The van der Waals surface area contributed by atoms with Gasteiger partial charge in [0, 0.05) is 37.9 Å². The minimum absolute atomic E-state index is 0.304. The third kappa shape index (κ3) is 2.80. The van der Waals surface area contributed by atoms with Crippen LogP contribution in [0.1, 0.15) is 10.4 Å². The fourth-order valence-electron chi connectivity index (χ4n) is 2.14. The predicted molar refractivity (Wildman–Crippen MR) is 70.8 cm³/mol. The Morgan fingerprint density at radius 2 is 2.22 bits per heavy atom. The molecule has 3 N–H and O–H groups in total. The van der Waals surface area contributed by atoms with Crippen LogP contribution in [0.3, 0.4) is 0 Å². The highest BCUT2D eigenvalue weighted by Gasteiger charge is 2.18. The lowest BCUT2D eigenvalue weighted by molar-refractivity contribution is 0.0601. The van der Waals surface area contributed by atoms with Crippen molar-refractivity contribution in [1.82, 2.24) is 5.32 Å². The van der Waals surface area contributed by atoms with E-state index in [1.807, 2.05) is 12.1 Å². The van der Waals surface area contributed by atoms with E-state index < -0.39 is 0 Å². The molecule has 1 aromatic rings. The zero-order chi connectivity index (χ0) is 13.0. The molecular weight excluding hydrogens is 230 g/mol. The molecule has 0 amide bonds. The van der Waals surface area contributed by atoms with Gasteiger partial charge in [0.05, 0.1) is 12.7 Å². The van der Waals surface area contributed by atoms with Gasteiger partial charge in [-0.1, -0.05) is 0 Å². The second-order valence-corrected chi connectivity index (χ2v) is 4.37. The van der Waals surface area contributed by atoms with Crippen LogP contribution in [0.5, 0.6) is 0 Å². The van der Waals surface area contributed by atoms with Gasteiger partial charge in [-0.25, -0.2) is 4.79 Å². The summed E-state index contributed by atoms with van der Waals surface area (Å²) in [6.07, 6.45) is 0. The van der Waals surface area contributed by atoms with Crippen molar-refractivity contribution < 1.29 is 9.53 Å². The van der Waals surface area contributed by atoms with Crippen LogP contribution in [-0.2, 0) is 4.74 Å². The largest absolute Gasteiger partial charge is 0.465 e. The lowest BCUT2D eigenvalue weighted by Crippen LogP contribution is -2.53. The molecule has 1 atom stereocenters. The van der Waals surface area contributed by atoms with Crippen LogP contribution in [0.2, 0.25) is 0 Å². The number of hydrogen-bond acceptors (Lipinski definition) is 5. The lowest BCUT2D eigenvalue weighted by atomic mass is 10.1. The van der Waals surface area contributed by atoms with Crippen molar-refractivity contribution in [3.63, 3.8) is 0 Å². The van der Waals surface area contributed by atoms with E-state index in [0.29, 0.717) is 18.2 Å². The Kier molecular flexibility index (Phi) is 4.17. The maximum absolute atomic E-state index is 11.3. The molecular formula is C13H19N3O2. The van der Waals surface area contributed by atoms with Crippen molar-refractivity contribution in [3.05, 3.63) is 29.8 Å². The summed E-state index contributed by atoms with van der Waals surface area (Å²) in [6, 6.07) is 7.82. The van der Waals surface area contributed by atoms with Crippen LogP contribution >= 0.6 is 0 Å². The molecule has 2 rings (SSSR count). The molecule has 1 aliphatic heterocycles. The van der Waals surface area contributed by atoms with Gasteiger partial charge in [-0.2, -0.15) is 0 Å². The number of carbonyl (C=O) groups is 1. The summed E-state index contributed by atoms with van der Waals surface area (Å²) in [7, 11) is 1.39. The molecule has 0 aromatic heterocycles. The summed E-state index contributed by atoms with van der Waals surface area (Å²) in [6.45, 7) is 3.42. The van der Waals surface area contributed by atoms with Crippen LogP contribution < -0.4 is 16.0 Å². The number of nitrogens with two attached hydrogens (primary N) is 1. The van der Waals surface area contributed by atoms with E-state index in [4.69, 9.17) is 5.73 Å². The minimum atomic E-state index is -0.304. The first kappa shape index (κ1) is 12.9. The summed E-state index contributed by atoms with van der Waals surface area (Å²) in [5.41, 5.74) is 7.36. The highest BCUT2D eigenvalue weighted by atomic mass is 16.5. The zero-order valence-electron chi connectivity index (χ0n) is 10.6. The van der Waals surface area contributed by atoms with Crippen molar-refractivity contribution in [1.29, 1.82) is 0 Å². The van der Waals surface area contributed by atoms with E-state index in [0.717, 1.165) is 25.3 Å². The van der Waals surface area contributed by atoms with Gasteiger partial charge in [-0.05, 0) is 24.3 Å². The van der Waals surface area contributed by atoms with Gasteiger partial charge in [-0.3, -0.25) is 0 Å². The second kappa shape index (κ2) is 5.84. The molecule has 1 aliphatic rings. The summed E-state index contributed by atoms with van der Waals surface area (Å²) < 4.78 is 4.68. The van der Waals surface area contributed by atoms with Crippen LogP contribution in [-0.4, -0.2) is 45.3 Å². The molecule has 1 unspecified atom stereocenters. The van der Waals surface area contributed by atoms with Crippen LogP contribution in [0.4, 0.5) is 5.69 Å². The van der Waals surface area contributed by atoms with Crippen LogP contribution in [0, 0.1) is 0 Å². The van der Waals surface area contributed by atoms with Gasteiger partial charge in [0.1, 0.15) is 0 Å². The number of esters is 1. The van der Waals surface area contributed by atoms with Crippen molar-refractivity contribution in [2.75, 3.05) is 38.2 Å². The van der Waals surface area contributed by atoms with Crippen LogP contribution in [0.25, 0.3) is 0 Å². The third-order valence-corrected chi connectivity index (χ3v) is 3.19. The summed E-state index contributed by atoms with van der Waals surface area (Å²) in [4.78, 5) is 13.6. The van der Waals surface area contributed by atoms with Gasteiger partial charge in [0.25, 0.3) is 0 Å². The predicted octanol–water partition coefficient (Wildman–Crippen LogP) is 0.210. The normalized spacial score (nSPS) is 19.7. The number of nitrogens with one attached hydrogen (secondary N) is 1. The third-order valence-electron chi connectivity index (χ3n) is 3.19. The Hall–Kier alpha value is -1.59. The standard InChI is InChI=1S/C13H19N3O2/c1-18-13(17)10-2-4-12(5-3-10)16-7-6-15-11(8-14)9-16/h2-5,11,15H,6-9,14H2,1H3. The fraction of sp³-hybridized carbons (Fsp3) is 0.462. The molecule has 5 heteroatoms. The topological polar surface area (TPSA) is 67.6 Å². The molecule has 1 aromatic carbocycles. The zero-order valence-corrected chi connectivity index (χ0v) is 10.6. The van der Waals surface area contributed by atoms with Gasteiger partial charge in [0.2, 0.25) is 0 Å². The molecule has 98 valence electrons. The number of nitrogens with zero attached hydrogens (tertiary/aromatic N) is 1. The van der Waals surface area contributed by atoms with E-state index in [1.165, 1.54) is 7.11 Å². The Morgan fingerprint density at radius 1 is 1.50 bits per heavy atom. The molecule has 1 saturated heterocycles. The lowest BCUT2D eigenvalue weighted by Gasteiger charge is -2.34. The first-order valence-electron chi connectivity index (χ1n) is 6.11. The van der Waals surface area contributed by atoms with E-state index in [1.54, 1.807) is 12.1 Å². The summed E-state index contributed by atoms with van der Waals surface area (Å²) in [5.74, 6) is -0.304. The van der Waals surface area contributed by atoms with Gasteiger partial charge in [0.15, 0.2) is 0 Å². The van der Waals surface area contributed by atoms with Crippen molar-refractivity contribution in [3.8, 4) is 0 Å². The van der Waals surface area contributed by atoms with Gasteiger partial charge < -0.3 is 20.7 Å². The first-order valence-corrected chi connectivity index (χ1v) is 6.11. The van der Waals surface area contributed by atoms with E-state index >= 15 is 0 Å². The molecule has 0 bridgehead atoms. The number of hydrogen-bond donors (Lipinski definition) is 2. The number of piperazine rings is 1. The number of rotatable bonds is 3. The molecule has 0 aliphatic carbocycles. The SMILES string of the molecule is COC(=O)c1ccc(N2CCNC(CN)C2)cc1. The molecule has 0 radical (unpaired) electrons. The molecule has 1 heterocycles. The van der Waals surface area contributed by atoms with Crippen LogP contribution in [0.15, 0.2) is 24.3 Å². The maximum Gasteiger partial charge on any atom is 0.337 e. The maximum atomic E-state index is 11.3. The number of methoxy groups -OCH3 is 1. The Morgan fingerprint density at radius 3 is 2.83 bits per heavy atom. The molecule has 0 spiro atoms. The first-order chi connectivity index (χ1) is 8.74. The second-order valence-electron chi connectivity index (χ2n) is 4.37. The summed E-state index contributed by atoms with van der Waals surface area (Å²) >= 11 is 0. The number of anilines is 1. The Bertz CT molecular complexity index is 405. The molecule has 18 heavy (non-hydrogen) atoms. The van der Waals surface area contributed by atoms with E-state index in [-0.39, 0.29) is 5.97 Å². The average Bonchev–Trinajstić information content (AvgIpc) is 2.46. The van der Waals surface area contributed by atoms with E-state index in [9.17, 15) is 4.79 Å². The smallest absolute Gasteiger partial charge is 0.337 e. The molecule has 5 nitrogen and oxygen atoms in total. The summed E-state index contributed by atoms with van der Waals surface area (Å²) in [5, 5.41) is 3.37. The molecule has 0 saturated carbocycles. The van der Waals surface area contributed by atoms with Crippen molar-refractivity contribution >= 4 is 11.7 Å². The van der Waals surface area contributed by atoms with Gasteiger partial charge in [-0.15, -0.1) is 0 Å². The monoisotopic (exact) mass is 249 g/mol. The number of carbonyl (C=O) groups excluding carboxylic acids is 1. The Labute approximate surface area is 107 Å². The van der Waals surface area contributed by atoms with Crippen molar-refractivity contribution in [2.45, 2.75) is 6.04 Å². The fourth-order valence-corrected chi connectivity index (χ4v) is 2.14. The number of benzene rings is 1. The van der Waals surface area contributed by atoms with Gasteiger partial charge >= 0.3 is 5.97 Å². The van der Waals surface area contributed by atoms with E-state index in [2.05, 4.69) is 15.0 Å². The quantitative estimate of drug-likeness (QED) is 0.750. The van der Waals surface area contributed by atoms with Crippen molar-refractivity contribution in [2.24, 2.45) is 5.73 Å². The highest BCUT2D eigenvalue weighted by molar-refractivity contribution is 5.89. The molecule has 1 fully saturated rings.